The number of hydrogen-bond donors (Lipinski definition) is 1. The van der Waals surface area contributed by atoms with Crippen LogP contribution in [-0.2, 0) is 6.54 Å². The van der Waals surface area contributed by atoms with Crippen molar-refractivity contribution in [1.29, 1.82) is 0 Å². The van der Waals surface area contributed by atoms with Crippen molar-refractivity contribution in [3.63, 3.8) is 0 Å². The summed E-state index contributed by atoms with van der Waals surface area (Å²) in [4.78, 5) is 2.29. The lowest BCUT2D eigenvalue weighted by molar-refractivity contribution is 0.171. The molecule has 0 atom stereocenters. The molecule has 0 spiro atoms. The second-order valence-electron chi connectivity index (χ2n) is 4.55. The van der Waals surface area contributed by atoms with E-state index in [1.807, 2.05) is 6.07 Å². The van der Waals surface area contributed by atoms with E-state index < -0.39 is 0 Å². The average Bonchev–Trinajstić information content (AvgIpc) is 2.43. The van der Waals surface area contributed by atoms with Crippen LogP contribution in [0, 0.1) is 0 Å². The maximum Gasteiger partial charge on any atom is 0.161 e. The Morgan fingerprint density at radius 1 is 1.22 bits per heavy atom. The first-order valence-corrected chi connectivity index (χ1v) is 6.57. The van der Waals surface area contributed by atoms with Crippen molar-refractivity contribution >= 4 is 0 Å². The SMILES string of the molecule is CCN(C)CCNCc1ccc2c(c1)OCCO2. The topological polar surface area (TPSA) is 33.7 Å². The van der Waals surface area contributed by atoms with Crippen molar-refractivity contribution < 1.29 is 9.47 Å². The molecule has 100 valence electrons. The number of hydrogen-bond acceptors (Lipinski definition) is 4. The Kier molecular flexibility index (Phi) is 4.84. The Balaban J connectivity index is 1.79. The summed E-state index contributed by atoms with van der Waals surface area (Å²) in [5.74, 6) is 1.72. The van der Waals surface area contributed by atoms with Gasteiger partial charge in [-0.05, 0) is 31.3 Å². The summed E-state index contributed by atoms with van der Waals surface area (Å²) in [6, 6.07) is 6.14. The Labute approximate surface area is 109 Å². The van der Waals surface area contributed by atoms with Crippen LogP contribution in [0.1, 0.15) is 12.5 Å². The molecule has 1 aromatic rings. The van der Waals surface area contributed by atoms with Gasteiger partial charge in [-0.3, -0.25) is 0 Å². The van der Waals surface area contributed by atoms with E-state index in [0.29, 0.717) is 13.2 Å². The lowest BCUT2D eigenvalue weighted by atomic mass is 10.2. The third-order valence-electron chi connectivity index (χ3n) is 3.15. The number of fused-ring (bicyclic) bond motifs is 1. The van der Waals surface area contributed by atoms with E-state index >= 15 is 0 Å². The summed E-state index contributed by atoms with van der Waals surface area (Å²) in [5, 5.41) is 3.44. The highest BCUT2D eigenvalue weighted by atomic mass is 16.6. The third kappa shape index (κ3) is 3.62. The van der Waals surface area contributed by atoms with Crippen LogP contribution >= 0.6 is 0 Å². The molecule has 2 rings (SSSR count). The van der Waals surface area contributed by atoms with Gasteiger partial charge in [0.05, 0.1) is 0 Å². The normalized spacial score (nSPS) is 13.9. The summed E-state index contributed by atoms with van der Waals surface area (Å²) < 4.78 is 11.1. The van der Waals surface area contributed by atoms with Gasteiger partial charge in [-0.1, -0.05) is 13.0 Å². The van der Waals surface area contributed by atoms with E-state index in [1.54, 1.807) is 0 Å². The van der Waals surface area contributed by atoms with Gasteiger partial charge in [-0.25, -0.2) is 0 Å². The van der Waals surface area contributed by atoms with Crippen molar-refractivity contribution in [2.24, 2.45) is 0 Å². The van der Waals surface area contributed by atoms with Crippen molar-refractivity contribution in [2.75, 3.05) is 39.9 Å². The maximum absolute atomic E-state index is 5.57. The first-order valence-electron chi connectivity index (χ1n) is 6.57. The molecular weight excluding hydrogens is 228 g/mol. The van der Waals surface area contributed by atoms with Crippen molar-refractivity contribution in [3.8, 4) is 11.5 Å². The largest absolute Gasteiger partial charge is 0.486 e. The monoisotopic (exact) mass is 250 g/mol. The van der Waals surface area contributed by atoms with E-state index in [1.165, 1.54) is 5.56 Å². The second-order valence-corrected chi connectivity index (χ2v) is 4.55. The fraction of sp³-hybridized carbons (Fsp3) is 0.571. The zero-order chi connectivity index (χ0) is 12.8. The molecule has 0 aromatic heterocycles. The Morgan fingerprint density at radius 2 is 2.00 bits per heavy atom. The smallest absolute Gasteiger partial charge is 0.161 e. The molecule has 1 N–H and O–H groups in total. The highest BCUT2D eigenvalue weighted by Crippen LogP contribution is 2.30. The van der Waals surface area contributed by atoms with Gasteiger partial charge in [0.25, 0.3) is 0 Å². The minimum Gasteiger partial charge on any atom is -0.486 e. The second kappa shape index (κ2) is 6.61. The van der Waals surface area contributed by atoms with Crippen LogP contribution in [0.2, 0.25) is 0 Å². The van der Waals surface area contributed by atoms with Crippen LogP contribution in [0.15, 0.2) is 18.2 Å². The number of rotatable bonds is 6. The van der Waals surface area contributed by atoms with E-state index in [2.05, 4.69) is 36.3 Å². The number of benzene rings is 1. The molecule has 0 amide bonds. The fourth-order valence-corrected chi connectivity index (χ4v) is 1.86. The third-order valence-corrected chi connectivity index (χ3v) is 3.15. The molecule has 18 heavy (non-hydrogen) atoms. The molecule has 1 aliphatic rings. The fourth-order valence-electron chi connectivity index (χ4n) is 1.86. The molecule has 1 heterocycles. The predicted molar refractivity (Wildman–Crippen MR) is 72.3 cm³/mol. The quantitative estimate of drug-likeness (QED) is 0.776. The van der Waals surface area contributed by atoms with Gasteiger partial charge in [-0.15, -0.1) is 0 Å². The van der Waals surface area contributed by atoms with Gasteiger partial charge in [0.2, 0.25) is 0 Å². The molecule has 0 aliphatic carbocycles. The first-order chi connectivity index (χ1) is 8.79. The van der Waals surface area contributed by atoms with E-state index in [0.717, 1.165) is 37.7 Å². The summed E-state index contributed by atoms with van der Waals surface area (Å²) >= 11 is 0. The molecule has 0 saturated carbocycles. The number of nitrogens with zero attached hydrogens (tertiary/aromatic N) is 1. The molecule has 4 heteroatoms. The zero-order valence-corrected chi connectivity index (χ0v) is 11.2. The van der Waals surface area contributed by atoms with Crippen LogP contribution in [0.5, 0.6) is 11.5 Å². The Morgan fingerprint density at radius 3 is 2.78 bits per heavy atom. The zero-order valence-electron chi connectivity index (χ0n) is 11.2. The van der Waals surface area contributed by atoms with Crippen LogP contribution in [0.25, 0.3) is 0 Å². The standard InChI is InChI=1S/C14H22N2O2/c1-3-16(2)7-6-15-11-12-4-5-13-14(10-12)18-9-8-17-13/h4-5,10,15H,3,6-9,11H2,1-2H3. The van der Waals surface area contributed by atoms with Gasteiger partial charge >= 0.3 is 0 Å². The number of likely N-dealkylation sites (N-methyl/N-ethyl adjacent to an activating group) is 1. The van der Waals surface area contributed by atoms with Crippen molar-refractivity contribution in [2.45, 2.75) is 13.5 Å². The van der Waals surface area contributed by atoms with Gasteiger partial charge in [-0.2, -0.15) is 0 Å². The summed E-state index contributed by atoms with van der Waals surface area (Å²) in [5.41, 5.74) is 1.23. The lowest BCUT2D eigenvalue weighted by Gasteiger charge is -2.19. The van der Waals surface area contributed by atoms with Gasteiger partial charge < -0.3 is 19.7 Å². The van der Waals surface area contributed by atoms with Crippen LogP contribution < -0.4 is 14.8 Å². The number of ether oxygens (including phenoxy) is 2. The molecule has 0 fully saturated rings. The molecule has 4 nitrogen and oxygen atoms in total. The van der Waals surface area contributed by atoms with Crippen molar-refractivity contribution in [1.82, 2.24) is 10.2 Å². The average molecular weight is 250 g/mol. The predicted octanol–water partition coefficient (Wildman–Crippen LogP) is 1.50. The van der Waals surface area contributed by atoms with Gasteiger partial charge in [0.15, 0.2) is 11.5 Å². The minimum absolute atomic E-state index is 0.644. The molecule has 0 radical (unpaired) electrons. The maximum atomic E-state index is 5.57. The Hall–Kier alpha value is -1.26. The summed E-state index contributed by atoms with van der Waals surface area (Å²) in [6.45, 7) is 7.49. The van der Waals surface area contributed by atoms with Crippen LogP contribution in [-0.4, -0.2) is 44.8 Å². The van der Waals surface area contributed by atoms with E-state index in [-0.39, 0.29) is 0 Å². The minimum atomic E-state index is 0.644. The highest BCUT2D eigenvalue weighted by Gasteiger charge is 2.11. The first kappa shape index (κ1) is 13.2. The highest BCUT2D eigenvalue weighted by molar-refractivity contribution is 5.43. The van der Waals surface area contributed by atoms with Gasteiger partial charge in [0, 0.05) is 19.6 Å². The van der Waals surface area contributed by atoms with E-state index in [9.17, 15) is 0 Å². The lowest BCUT2D eigenvalue weighted by Crippen LogP contribution is -2.28. The summed E-state index contributed by atoms with van der Waals surface area (Å²) in [7, 11) is 2.13. The molecule has 0 unspecified atom stereocenters. The van der Waals surface area contributed by atoms with Crippen molar-refractivity contribution in [3.05, 3.63) is 23.8 Å². The molecule has 1 aromatic carbocycles. The van der Waals surface area contributed by atoms with Gasteiger partial charge in [0.1, 0.15) is 13.2 Å². The van der Waals surface area contributed by atoms with Crippen LogP contribution in [0.3, 0.4) is 0 Å². The van der Waals surface area contributed by atoms with Crippen LogP contribution in [0.4, 0.5) is 0 Å². The molecule has 0 saturated heterocycles. The summed E-state index contributed by atoms with van der Waals surface area (Å²) in [6.07, 6.45) is 0. The Bertz CT molecular complexity index is 382. The van der Waals surface area contributed by atoms with E-state index in [4.69, 9.17) is 9.47 Å². The molecule has 1 aliphatic heterocycles. The molecule has 0 bridgehead atoms. The number of nitrogens with one attached hydrogen (secondary N) is 1. The molecular formula is C14H22N2O2.